The van der Waals surface area contributed by atoms with Crippen LogP contribution in [0.25, 0.3) is 5.69 Å². The fourth-order valence-corrected chi connectivity index (χ4v) is 6.12. The Balaban J connectivity index is 1.36. The molecule has 41 heavy (non-hydrogen) atoms. The van der Waals surface area contributed by atoms with Crippen LogP contribution in [0.5, 0.6) is 0 Å². The summed E-state index contributed by atoms with van der Waals surface area (Å²) in [6, 6.07) is 26.8. The van der Waals surface area contributed by atoms with Gasteiger partial charge in [-0.25, -0.2) is 4.79 Å². The van der Waals surface area contributed by atoms with E-state index in [4.69, 9.17) is 0 Å². The predicted octanol–water partition coefficient (Wildman–Crippen LogP) is 6.67. The summed E-state index contributed by atoms with van der Waals surface area (Å²) >= 11 is 2.08. The lowest BCUT2D eigenvalue weighted by atomic mass is 9.88. The van der Waals surface area contributed by atoms with Crippen molar-refractivity contribution in [3.8, 4) is 5.69 Å². The Morgan fingerprint density at radius 2 is 1.59 bits per heavy atom. The summed E-state index contributed by atoms with van der Waals surface area (Å²) in [5, 5.41) is 2.74. The molecule has 1 aliphatic heterocycles. The standard InChI is InChI=1S/C33H33IN4O3/c1-2-10-26-15-9-16-29(37(26)22-30(39)24-11-5-3-6-12-24)23-17-19-27(20-18-23)38-21-28(34)31(36-33(38)41)35-32(40)25-13-7-4-8-14-25/h3-8,11-14,17-21,26,29H,2,9-10,15-16,22H2,1H3,(H,35,36,40,41)/t26?,29-/m0/s1. The number of hydrogen-bond acceptors (Lipinski definition) is 5. The number of nitrogens with one attached hydrogen (secondary N) is 1. The van der Waals surface area contributed by atoms with E-state index in [2.05, 4.69) is 56.8 Å². The number of nitrogens with zero attached hydrogens (tertiary/aromatic N) is 3. The molecule has 1 N–H and O–H groups in total. The summed E-state index contributed by atoms with van der Waals surface area (Å²) in [5.41, 5.74) is 2.59. The van der Waals surface area contributed by atoms with Gasteiger partial charge in [-0.15, -0.1) is 0 Å². The van der Waals surface area contributed by atoms with Crippen molar-refractivity contribution < 1.29 is 9.59 Å². The molecule has 210 valence electrons. The Bertz CT molecular complexity index is 1550. The van der Waals surface area contributed by atoms with Crippen LogP contribution >= 0.6 is 22.6 Å². The molecule has 0 bridgehead atoms. The number of amides is 1. The molecule has 0 saturated carbocycles. The lowest BCUT2D eigenvalue weighted by Gasteiger charge is -2.42. The number of carbonyl (C=O) groups excluding carboxylic acids is 2. The maximum Gasteiger partial charge on any atom is 0.354 e. The van der Waals surface area contributed by atoms with E-state index in [1.165, 1.54) is 4.57 Å². The van der Waals surface area contributed by atoms with Crippen molar-refractivity contribution in [2.24, 2.45) is 0 Å². The number of halogens is 1. The van der Waals surface area contributed by atoms with Gasteiger partial charge in [0.2, 0.25) is 0 Å². The molecule has 5 rings (SSSR count). The third-order valence-corrected chi connectivity index (χ3v) is 8.42. The van der Waals surface area contributed by atoms with Crippen LogP contribution in [0.15, 0.2) is 95.9 Å². The summed E-state index contributed by atoms with van der Waals surface area (Å²) in [4.78, 5) is 45.3. The van der Waals surface area contributed by atoms with Crippen molar-refractivity contribution in [2.75, 3.05) is 11.9 Å². The van der Waals surface area contributed by atoms with Gasteiger partial charge in [0.15, 0.2) is 11.6 Å². The molecule has 7 nitrogen and oxygen atoms in total. The van der Waals surface area contributed by atoms with Gasteiger partial charge in [0.25, 0.3) is 5.91 Å². The third kappa shape index (κ3) is 6.82. The van der Waals surface area contributed by atoms with E-state index in [-0.39, 0.29) is 23.6 Å². The zero-order chi connectivity index (χ0) is 28.8. The molecule has 1 fully saturated rings. The van der Waals surface area contributed by atoms with Gasteiger partial charge < -0.3 is 5.32 Å². The van der Waals surface area contributed by atoms with Crippen LogP contribution in [0, 0.1) is 3.57 Å². The van der Waals surface area contributed by atoms with Crippen LogP contribution in [0.3, 0.4) is 0 Å². The van der Waals surface area contributed by atoms with Crippen molar-refractivity contribution in [2.45, 2.75) is 51.1 Å². The molecule has 3 aromatic carbocycles. The molecule has 1 aliphatic rings. The Kier molecular flexibility index (Phi) is 9.41. The number of aromatic nitrogens is 2. The first kappa shape index (κ1) is 28.9. The minimum atomic E-state index is -0.475. The minimum absolute atomic E-state index is 0.132. The van der Waals surface area contributed by atoms with Crippen LogP contribution in [-0.4, -0.2) is 38.7 Å². The summed E-state index contributed by atoms with van der Waals surface area (Å²) in [6.45, 7) is 2.58. The highest BCUT2D eigenvalue weighted by Crippen LogP contribution is 2.36. The van der Waals surface area contributed by atoms with Crippen molar-refractivity contribution in [1.82, 2.24) is 14.5 Å². The average Bonchev–Trinajstić information content (AvgIpc) is 3.00. The van der Waals surface area contributed by atoms with Crippen molar-refractivity contribution >= 4 is 40.1 Å². The Labute approximate surface area is 253 Å². The molecule has 1 aromatic heterocycles. The highest BCUT2D eigenvalue weighted by molar-refractivity contribution is 14.1. The zero-order valence-corrected chi connectivity index (χ0v) is 25.2. The van der Waals surface area contributed by atoms with Gasteiger partial charge in [-0.3, -0.25) is 19.1 Å². The second-order valence-corrected chi connectivity index (χ2v) is 11.5. The topological polar surface area (TPSA) is 84.3 Å². The second kappa shape index (κ2) is 13.4. The number of likely N-dealkylation sites (tertiary alicyclic amines) is 1. The molecular weight excluding hydrogens is 627 g/mol. The van der Waals surface area contributed by atoms with Gasteiger partial charge in [0, 0.05) is 29.4 Å². The fourth-order valence-electron chi connectivity index (χ4n) is 5.59. The lowest BCUT2D eigenvalue weighted by molar-refractivity contribution is 0.0616. The molecule has 0 radical (unpaired) electrons. The van der Waals surface area contributed by atoms with Gasteiger partial charge in [-0.1, -0.05) is 74.0 Å². The summed E-state index contributed by atoms with van der Waals surface area (Å²) in [6.07, 6.45) is 7.01. The van der Waals surface area contributed by atoms with Gasteiger partial charge in [-0.2, -0.15) is 4.98 Å². The number of piperidine rings is 1. The molecule has 2 heterocycles. The normalized spacial score (nSPS) is 17.2. The van der Waals surface area contributed by atoms with E-state index in [1.807, 2.05) is 48.5 Å². The monoisotopic (exact) mass is 660 g/mol. The molecule has 1 amide bonds. The van der Waals surface area contributed by atoms with Crippen LogP contribution < -0.4 is 11.0 Å². The van der Waals surface area contributed by atoms with E-state index < -0.39 is 5.69 Å². The Hall–Kier alpha value is -3.63. The van der Waals surface area contributed by atoms with Gasteiger partial charge in [0.1, 0.15) is 0 Å². The van der Waals surface area contributed by atoms with E-state index in [9.17, 15) is 14.4 Å². The van der Waals surface area contributed by atoms with Crippen molar-refractivity contribution in [3.05, 3.63) is 122 Å². The summed E-state index contributed by atoms with van der Waals surface area (Å²) in [5.74, 6) is 0.0590. The van der Waals surface area contributed by atoms with Gasteiger partial charge >= 0.3 is 5.69 Å². The first-order valence-electron chi connectivity index (χ1n) is 14.0. The lowest BCUT2D eigenvalue weighted by Crippen LogP contribution is -2.44. The maximum absolute atomic E-state index is 13.2. The number of Topliss-reactive ketones (excluding diaryl/α,β-unsaturated/α-hetero) is 1. The molecule has 0 spiro atoms. The van der Waals surface area contributed by atoms with Crippen molar-refractivity contribution in [3.63, 3.8) is 0 Å². The molecular formula is C33H33IN4O3. The number of benzene rings is 3. The maximum atomic E-state index is 13.2. The molecule has 1 saturated heterocycles. The molecule has 8 heteroatoms. The predicted molar refractivity (Wildman–Crippen MR) is 170 cm³/mol. The average molecular weight is 661 g/mol. The quantitative estimate of drug-likeness (QED) is 0.160. The van der Waals surface area contributed by atoms with Crippen LogP contribution in [-0.2, 0) is 0 Å². The summed E-state index contributed by atoms with van der Waals surface area (Å²) < 4.78 is 2.14. The molecule has 2 atom stereocenters. The first-order chi connectivity index (χ1) is 19.9. The van der Waals surface area contributed by atoms with E-state index in [1.54, 1.807) is 30.5 Å². The number of hydrogen-bond donors (Lipinski definition) is 1. The van der Waals surface area contributed by atoms with Crippen molar-refractivity contribution in [1.29, 1.82) is 0 Å². The van der Waals surface area contributed by atoms with Crippen LogP contribution in [0.2, 0.25) is 0 Å². The highest BCUT2D eigenvalue weighted by atomic mass is 127. The number of ketones is 1. The van der Waals surface area contributed by atoms with Gasteiger partial charge in [0.05, 0.1) is 15.8 Å². The van der Waals surface area contributed by atoms with Gasteiger partial charge in [-0.05, 0) is 78.1 Å². The molecule has 1 unspecified atom stereocenters. The summed E-state index contributed by atoms with van der Waals surface area (Å²) in [7, 11) is 0. The molecule has 0 aliphatic carbocycles. The van der Waals surface area contributed by atoms with Crippen LogP contribution in [0.4, 0.5) is 5.82 Å². The largest absolute Gasteiger partial charge is 0.354 e. The number of carbonyl (C=O) groups is 2. The van der Waals surface area contributed by atoms with E-state index in [0.717, 1.165) is 43.2 Å². The zero-order valence-electron chi connectivity index (χ0n) is 23.0. The Morgan fingerprint density at radius 1 is 0.927 bits per heavy atom. The SMILES string of the molecule is CCCC1CCC[C@@H](c2ccc(-n3cc(I)c(NC(=O)c4ccccc4)nc3=O)cc2)N1CC(=O)c1ccccc1. The Morgan fingerprint density at radius 3 is 2.24 bits per heavy atom. The van der Waals surface area contributed by atoms with Crippen LogP contribution in [0.1, 0.15) is 71.3 Å². The second-order valence-electron chi connectivity index (χ2n) is 10.4. The number of rotatable bonds is 9. The first-order valence-corrected chi connectivity index (χ1v) is 15.1. The fraction of sp³-hybridized carbons (Fsp3) is 0.273. The minimum Gasteiger partial charge on any atom is -0.305 e. The van der Waals surface area contributed by atoms with E-state index >= 15 is 0 Å². The smallest absolute Gasteiger partial charge is 0.305 e. The number of anilines is 1. The third-order valence-electron chi connectivity index (χ3n) is 7.63. The van der Waals surface area contributed by atoms with E-state index in [0.29, 0.717) is 27.4 Å². The highest BCUT2D eigenvalue weighted by Gasteiger charge is 2.32. The molecule has 4 aromatic rings.